The molecule has 4 atom stereocenters. The molecule has 2 fully saturated rings. The molecule has 14 nitrogen and oxygen atoms in total. The number of aromatic nitrogens is 4. The molecule has 9 rings (SSSR count). The number of nitrogens with zero attached hydrogens (tertiary/aromatic N) is 4. The maximum Gasteiger partial charge on any atom is 0.407 e. The molecule has 4 N–H and O–H groups in total. The molecule has 2 aliphatic heterocycles. The molecule has 0 bridgehead atoms. The fourth-order valence-corrected chi connectivity index (χ4v) is 11.1. The molecule has 4 aromatic heterocycles. The van der Waals surface area contributed by atoms with Gasteiger partial charge in [-0.25, -0.2) is 19.6 Å². The number of ether oxygens (including phenoxy) is 2. The smallest absolute Gasteiger partial charge is 0.407 e. The summed E-state index contributed by atoms with van der Waals surface area (Å²) in [4.78, 5) is 74.3. The molecule has 7 aromatic rings. The van der Waals surface area contributed by atoms with Crippen LogP contribution in [-0.2, 0) is 19.1 Å². The van der Waals surface area contributed by atoms with Crippen molar-refractivity contribution in [3.8, 4) is 20.9 Å². The highest BCUT2D eigenvalue weighted by molar-refractivity contribution is 7.23. The number of hydrogen-bond acceptors (Lipinski definition) is 10. The summed E-state index contributed by atoms with van der Waals surface area (Å²) in [5.41, 5.74) is 5.70. The highest BCUT2D eigenvalue weighted by atomic mass is 32.1. The van der Waals surface area contributed by atoms with Crippen LogP contribution in [0, 0.1) is 11.8 Å². The predicted octanol–water partition coefficient (Wildman–Crippen LogP) is 9.29. The monoisotopic (exact) mass is 874 g/mol. The number of rotatable bonds is 10. The summed E-state index contributed by atoms with van der Waals surface area (Å²) in [6, 6.07) is 19.8. The van der Waals surface area contributed by atoms with Crippen molar-refractivity contribution in [3.05, 3.63) is 72.3 Å². The molecule has 0 radical (unpaired) electrons. The van der Waals surface area contributed by atoms with Crippen molar-refractivity contribution < 1.29 is 28.7 Å². The number of likely N-dealkylation sites (tertiary alicyclic amines) is 2. The van der Waals surface area contributed by atoms with Gasteiger partial charge in [0.25, 0.3) is 0 Å². The molecule has 2 unspecified atom stereocenters. The van der Waals surface area contributed by atoms with Crippen LogP contribution in [-0.4, -0.2) is 93.1 Å². The standard InChI is InChI=1S/C46H50N8O6S2/c1-23(2)39(51-45(57)59-5)43(55)53-15-7-9-33(53)41-47-29-13-11-25(17-31(29)49-41)35-19-27-21-38-28(22-37(27)61-35)20-36(62-38)26-12-14-30-32(18-26)50-42(48-30)34-10-8-16-54(34)44(56)40(24(3)4)52-46(58)60-6/h11-14,17-24,33-34,39-40H,7-10,15-16H2,1-6H3,(H,47,49)(H,48,50)(H,51,57)(H,52,58)/t33?,34?,39-,40-/m0/s1. The molecule has 6 heterocycles. The lowest BCUT2D eigenvalue weighted by molar-refractivity contribution is -0.136. The van der Waals surface area contributed by atoms with E-state index < -0.39 is 24.3 Å². The second kappa shape index (κ2) is 16.7. The molecular formula is C46H50N8O6S2. The zero-order valence-corrected chi connectivity index (χ0v) is 37.2. The van der Waals surface area contributed by atoms with Crippen LogP contribution in [0.15, 0.2) is 60.7 Å². The molecule has 2 aliphatic rings. The van der Waals surface area contributed by atoms with Gasteiger partial charge in [0, 0.05) is 32.2 Å². The van der Waals surface area contributed by atoms with Crippen LogP contribution in [0.5, 0.6) is 0 Å². The van der Waals surface area contributed by atoms with E-state index in [-0.39, 0.29) is 35.7 Å². The predicted molar refractivity (Wildman–Crippen MR) is 243 cm³/mol. The zero-order valence-electron chi connectivity index (χ0n) is 35.5. The van der Waals surface area contributed by atoms with Crippen LogP contribution in [0.1, 0.15) is 77.1 Å². The first kappa shape index (κ1) is 41.4. The molecule has 0 aliphatic carbocycles. The van der Waals surface area contributed by atoms with Crippen molar-refractivity contribution in [2.75, 3.05) is 27.3 Å². The van der Waals surface area contributed by atoms with Gasteiger partial charge in [-0.2, -0.15) is 0 Å². The zero-order chi connectivity index (χ0) is 43.4. The molecule has 16 heteroatoms. The number of imidazole rings is 2. The van der Waals surface area contributed by atoms with Gasteiger partial charge in [0.05, 0.1) is 48.4 Å². The molecule has 4 amide bonds. The number of hydrogen-bond donors (Lipinski definition) is 4. The third-order valence-electron chi connectivity index (χ3n) is 12.2. The van der Waals surface area contributed by atoms with Gasteiger partial charge >= 0.3 is 12.2 Å². The van der Waals surface area contributed by atoms with E-state index in [1.807, 2.05) is 49.6 Å². The van der Waals surface area contributed by atoms with Gasteiger partial charge in [0.1, 0.15) is 23.7 Å². The van der Waals surface area contributed by atoms with Crippen molar-refractivity contribution in [1.82, 2.24) is 40.4 Å². The topological polar surface area (TPSA) is 175 Å². The number of amides is 4. The Morgan fingerprint density at radius 3 is 1.45 bits per heavy atom. The Kier molecular flexibility index (Phi) is 11.1. The van der Waals surface area contributed by atoms with Crippen LogP contribution in [0.4, 0.5) is 9.59 Å². The number of methoxy groups -OCH3 is 2. The minimum absolute atomic E-state index is 0.105. The molecule has 0 saturated carbocycles. The summed E-state index contributed by atoms with van der Waals surface area (Å²) >= 11 is 3.52. The number of carbonyl (C=O) groups is 4. The van der Waals surface area contributed by atoms with E-state index in [0.717, 1.165) is 80.3 Å². The molecular weight excluding hydrogens is 825 g/mol. The van der Waals surface area contributed by atoms with Crippen LogP contribution in [0.25, 0.3) is 63.1 Å². The SMILES string of the molecule is COC(=O)N[C@H](C(=O)N1CCCC1c1nc2ccc(-c3cc4cc5sc(-c6ccc7nc(C8CCCN8C(=O)[C@@H](NC(=O)OC)C(C)C)[nH]c7c6)cc5cc4s3)cc2[nH]1)C(C)C. The average Bonchev–Trinajstić information content (AvgIpc) is 4.12. The van der Waals surface area contributed by atoms with E-state index in [9.17, 15) is 19.2 Å². The van der Waals surface area contributed by atoms with Gasteiger partial charge in [-0.15, -0.1) is 22.7 Å². The molecule has 3 aromatic carbocycles. The fraction of sp³-hybridized carbons (Fsp3) is 0.391. The van der Waals surface area contributed by atoms with Gasteiger partial charge in [-0.05, 0) is 108 Å². The van der Waals surface area contributed by atoms with E-state index in [2.05, 4.69) is 69.1 Å². The Bertz CT molecular complexity index is 2620. The first-order valence-corrected chi connectivity index (χ1v) is 22.8. The van der Waals surface area contributed by atoms with E-state index in [0.29, 0.717) is 13.1 Å². The first-order chi connectivity index (χ1) is 29.9. The number of fused-ring (bicyclic) bond motifs is 4. The Labute approximate surface area is 366 Å². The van der Waals surface area contributed by atoms with E-state index in [4.69, 9.17) is 19.4 Å². The Hall–Kier alpha value is -6.00. The third-order valence-corrected chi connectivity index (χ3v) is 14.5. The fourth-order valence-electron chi connectivity index (χ4n) is 8.92. The summed E-state index contributed by atoms with van der Waals surface area (Å²) < 4.78 is 12.0. The minimum Gasteiger partial charge on any atom is -0.453 e. The quantitative estimate of drug-likeness (QED) is 0.105. The number of nitrogens with one attached hydrogen (secondary N) is 4. The number of aromatic amines is 2. The molecule has 322 valence electrons. The second-order valence-electron chi connectivity index (χ2n) is 17.0. The van der Waals surface area contributed by atoms with Crippen molar-refractivity contribution in [3.63, 3.8) is 0 Å². The van der Waals surface area contributed by atoms with E-state index >= 15 is 0 Å². The Morgan fingerprint density at radius 1 is 0.645 bits per heavy atom. The normalized spacial score (nSPS) is 17.8. The lowest BCUT2D eigenvalue weighted by atomic mass is 10.0. The van der Waals surface area contributed by atoms with Gasteiger partial charge in [0.15, 0.2) is 0 Å². The summed E-state index contributed by atoms with van der Waals surface area (Å²) in [6.07, 6.45) is 2.05. The number of H-pyrrole nitrogens is 2. The molecule has 2 saturated heterocycles. The maximum atomic E-state index is 13.7. The van der Waals surface area contributed by atoms with Crippen LogP contribution < -0.4 is 10.6 Å². The number of alkyl carbamates (subject to hydrolysis) is 2. The van der Waals surface area contributed by atoms with Crippen molar-refractivity contribution in [2.24, 2.45) is 11.8 Å². The third kappa shape index (κ3) is 7.74. The number of benzene rings is 3. The Morgan fingerprint density at radius 2 is 1.06 bits per heavy atom. The lowest BCUT2D eigenvalue weighted by Crippen LogP contribution is -2.51. The average molecular weight is 875 g/mol. The number of thiophene rings is 2. The highest BCUT2D eigenvalue weighted by Gasteiger charge is 2.39. The van der Waals surface area contributed by atoms with Crippen LogP contribution >= 0.6 is 22.7 Å². The summed E-state index contributed by atoms with van der Waals surface area (Å²) in [7, 11) is 2.60. The second-order valence-corrected chi connectivity index (χ2v) is 19.1. The van der Waals surface area contributed by atoms with Gasteiger partial charge in [-0.3, -0.25) is 9.59 Å². The van der Waals surface area contributed by atoms with E-state index in [1.165, 1.54) is 34.4 Å². The minimum atomic E-state index is -0.688. The van der Waals surface area contributed by atoms with Crippen molar-refractivity contribution in [2.45, 2.75) is 77.5 Å². The molecule has 62 heavy (non-hydrogen) atoms. The van der Waals surface area contributed by atoms with E-state index in [1.54, 1.807) is 22.7 Å². The highest BCUT2D eigenvalue weighted by Crippen LogP contribution is 2.42. The Balaban J connectivity index is 0.929. The van der Waals surface area contributed by atoms with Gasteiger partial charge in [-0.1, -0.05) is 39.8 Å². The maximum absolute atomic E-state index is 13.7. The van der Waals surface area contributed by atoms with Gasteiger partial charge < -0.3 is 39.9 Å². The largest absolute Gasteiger partial charge is 0.453 e. The van der Waals surface area contributed by atoms with Crippen molar-refractivity contribution >= 4 is 88.9 Å². The van der Waals surface area contributed by atoms with Crippen molar-refractivity contribution in [1.29, 1.82) is 0 Å². The number of carbonyl (C=O) groups excluding carboxylic acids is 4. The summed E-state index contributed by atoms with van der Waals surface area (Å²) in [6.45, 7) is 8.85. The van der Waals surface area contributed by atoms with Gasteiger partial charge in [0.2, 0.25) is 11.8 Å². The summed E-state index contributed by atoms with van der Waals surface area (Å²) in [5.74, 6) is 1.03. The summed E-state index contributed by atoms with van der Waals surface area (Å²) in [5, 5.41) is 7.81. The van der Waals surface area contributed by atoms with Crippen LogP contribution in [0.2, 0.25) is 0 Å². The first-order valence-electron chi connectivity index (χ1n) is 21.2. The molecule has 0 spiro atoms. The lowest BCUT2D eigenvalue weighted by Gasteiger charge is -2.29. The van der Waals surface area contributed by atoms with Crippen LogP contribution in [0.3, 0.4) is 0 Å².